The van der Waals surface area contributed by atoms with Crippen LogP contribution in [0, 0.1) is 0 Å². The molecule has 0 unspecified atom stereocenters. The average Bonchev–Trinajstić information content (AvgIpc) is 2.57. The fourth-order valence-corrected chi connectivity index (χ4v) is 2.43. The van der Waals surface area contributed by atoms with Gasteiger partial charge in [-0.2, -0.15) is 0 Å². The molecule has 2 aliphatic rings. The maximum atomic E-state index is 2.59. The van der Waals surface area contributed by atoms with Crippen molar-refractivity contribution in [2.45, 2.75) is 38.9 Å². The van der Waals surface area contributed by atoms with Crippen LogP contribution in [-0.4, -0.2) is 35.6 Å². The van der Waals surface area contributed by atoms with Gasteiger partial charge < -0.3 is 4.90 Å². The molecule has 0 aromatic carbocycles. The van der Waals surface area contributed by atoms with Gasteiger partial charge in [0.2, 0.25) is 0 Å². The Morgan fingerprint density at radius 3 is 2.86 bits per heavy atom. The van der Waals surface area contributed by atoms with E-state index in [-0.39, 0.29) is 0 Å². The van der Waals surface area contributed by atoms with Gasteiger partial charge in [-0.05, 0) is 38.8 Å². The molecule has 0 amide bonds. The Labute approximate surface area is 86.9 Å². The van der Waals surface area contributed by atoms with E-state index in [1.165, 1.54) is 25.1 Å². The van der Waals surface area contributed by atoms with E-state index in [0.29, 0.717) is 6.17 Å². The summed E-state index contributed by atoms with van der Waals surface area (Å²) in [6, 6.07) is 0.734. The van der Waals surface area contributed by atoms with Gasteiger partial charge in [-0.3, -0.25) is 4.90 Å². The first-order chi connectivity index (χ1) is 6.70. The number of hydrogen-bond acceptors (Lipinski definition) is 2. The number of rotatable bonds is 1. The second kappa shape index (κ2) is 3.77. The van der Waals surface area contributed by atoms with Gasteiger partial charge in [-0.25, -0.2) is 0 Å². The second-order valence-corrected chi connectivity index (χ2v) is 4.45. The van der Waals surface area contributed by atoms with E-state index < -0.39 is 0 Å². The number of allylic oxidation sites excluding steroid dienone is 3. The highest BCUT2D eigenvalue weighted by atomic mass is 15.4. The summed E-state index contributed by atoms with van der Waals surface area (Å²) in [5.74, 6) is 0. The smallest absolute Gasteiger partial charge is 0.101 e. The van der Waals surface area contributed by atoms with E-state index in [0.717, 1.165) is 6.04 Å². The number of likely N-dealkylation sites (tertiary alicyclic amines) is 1. The summed E-state index contributed by atoms with van der Waals surface area (Å²) in [6.45, 7) is 5.76. The Hall–Kier alpha value is -0.760. The third-order valence-corrected chi connectivity index (χ3v) is 3.52. The molecule has 2 heteroatoms. The van der Waals surface area contributed by atoms with Gasteiger partial charge in [-0.1, -0.05) is 6.08 Å². The third-order valence-electron chi connectivity index (χ3n) is 3.52. The van der Waals surface area contributed by atoms with Gasteiger partial charge in [0, 0.05) is 25.3 Å². The summed E-state index contributed by atoms with van der Waals surface area (Å²) in [7, 11) is 2.19. The van der Waals surface area contributed by atoms with Crippen LogP contribution in [0.4, 0.5) is 0 Å². The van der Waals surface area contributed by atoms with E-state index in [9.17, 15) is 0 Å². The molecule has 2 rings (SSSR count). The van der Waals surface area contributed by atoms with Gasteiger partial charge in [0.15, 0.2) is 0 Å². The van der Waals surface area contributed by atoms with Gasteiger partial charge in [0.05, 0.1) is 0 Å². The first-order valence-corrected chi connectivity index (χ1v) is 5.54. The maximum Gasteiger partial charge on any atom is 0.101 e. The minimum Gasteiger partial charge on any atom is -0.359 e. The van der Waals surface area contributed by atoms with Gasteiger partial charge >= 0.3 is 0 Å². The molecule has 0 bridgehead atoms. The monoisotopic (exact) mass is 192 g/mol. The van der Waals surface area contributed by atoms with Crippen molar-refractivity contribution in [1.29, 1.82) is 0 Å². The largest absolute Gasteiger partial charge is 0.359 e. The van der Waals surface area contributed by atoms with E-state index in [2.05, 4.69) is 48.9 Å². The van der Waals surface area contributed by atoms with Crippen molar-refractivity contribution < 1.29 is 0 Å². The van der Waals surface area contributed by atoms with E-state index >= 15 is 0 Å². The SMILES string of the molecule is CC1=CC=C[C@H](N2CCC[C@H]2C)N1C. The maximum absolute atomic E-state index is 2.59. The van der Waals surface area contributed by atoms with Crippen molar-refractivity contribution in [3.05, 3.63) is 23.9 Å². The lowest BCUT2D eigenvalue weighted by molar-refractivity contribution is 0.113. The van der Waals surface area contributed by atoms with Crippen LogP contribution < -0.4 is 0 Å². The lowest BCUT2D eigenvalue weighted by Gasteiger charge is -2.39. The minimum absolute atomic E-state index is 0.484. The summed E-state index contributed by atoms with van der Waals surface area (Å²) >= 11 is 0. The summed E-state index contributed by atoms with van der Waals surface area (Å²) in [5, 5.41) is 0. The molecule has 2 heterocycles. The summed E-state index contributed by atoms with van der Waals surface area (Å²) in [5.41, 5.74) is 1.36. The van der Waals surface area contributed by atoms with Crippen molar-refractivity contribution >= 4 is 0 Å². The van der Waals surface area contributed by atoms with Gasteiger partial charge in [-0.15, -0.1) is 0 Å². The Kier molecular flexibility index (Phi) is 2.64. The van der Waals surface area contributed by atoms with Crippen LogP contribution in [0.1, 0.15) is 26.7 Å². The lowest BCUT2D eigenvalue weighted by atomic mass is 10.2. The zero-order valence-electron chi connectivity index (χ0n) is 9.40. The standard InChI is InChI=1S/C12H20N2/c1-10-6-4-8-12(13(10)3)14-9-5-7-11(14)2/h4,6,8,11-12H,5,7,9H2,1-3H3/t11-,12+/m1/s1. The zero-order chi connectivity index (χ0) is 10.1. The first-order valence-electron chi connectivity index (χ1n) is 5.54. The van der Waals surface area contributed by atoms with Crippen molar-refractivity contribution in [3.63, 3.8) is 0 Å². The van der Waals surface area contributed by atoms with Crippen LogP contribution in [0.2, 0.25) is 0 Å². The van der Waals surface area contributed by atoms with E-state index in [4.69, 9.17) is 0 Å². The number of likely N-dealkylation sites (N-methyl/N-ethyl adjacent to an activating group) is 1. The predicted octanol–water partition coefficient (Wildman–Crippen LogP) is 2.20. The molecular weight excluding hydrogens is 172 g/mol. The molecule has 14 heavy (non-hydrogen) atoms. The molecule has 2 atom stereocenters. The van der Waals surface area contributed by atoms with Crippen molar-refractivity contribution in [2.75, 3.05) is 13.6 Å². The highest BCUT2D eigenvalue weighted by Crippen LogP contribution is 2.25. The molecule has 0 aliphatic carbocycles. The van der Waals surface area contributed by atoms with Gasteiger partial charge in [0.25, 0.3) is 0 Å². The van der Waals surface area contributed by atoms with Crippen LogP contribution in [0.3, 0.4) is 0 Å². The molecule has 0 aromatic rings. The Morgan fingerprint density at radius 1 is 1.43 bits per heavy atom. The molecule has 0 saturated carbocycles. The molecule has 0 spiro atoms. The molecule has 0 N–H and O–H groups in total. The number of hydrogen-bond donors (Lipinski definition) is 0. The molecular formula is C12H20N2. The quantitative estimate of drug-likeness (QED) is 0.628. The first kappa shape index (κ1) is 9.78. The van der Waals surface area contributed by atoms with Crippen LogP contribution in [0.5, 0.6) is 0 Å². The molecule has 78 valence electrons. The Morgan fingerprint density at radius 2 is 2.21 bits per heavy atom. The molecule has 2 aliphatic heterocycles. The minimum atomic E-state index is 0.484. The Bertz CT molecular complexity index is 267. The van der Waals surface area contributed by atoms with Crippen LogP contribution in [0.15, 0.2) is 23.9 Å². The van der Waals surface area contributed by atoms with Gasteiger partial charge in [0.1, 0.15) is 6.17 Å². The topological polar surface area (TPSA) is 6.48 Å². The summed E-state index contributed by atoms with van der Waals surface area (Å²) in [4.78, 5) is 4.95. The van der Waals surface area contributed by atoms with E-state index in [1.807, 2.05) is 0 Å². The summed E-state index contributed by atoms with van der Waals surface area (Å²) < 4.78 is 0. The van der Waals surface area contributed by atoms with Crippen molar-refractivity contribution in [1.82, 2.24) is 9.80 Å². The third kappa shape index (κ3) is 1.59. The van der Waals surface area contributed by atoms with E-state index in [1.54, 1.807) is 0 Å². The highest BCUT2D eigenvalue weighted by molar-refractivity contribution is 5.19. The van der Waals surface area contributed by atoms with Crippen LogP contribution >= 0.6 is 0 Å². The average molecular weight is 192 g/mol. The second-order valence-electron chi connectivity index (χ2n) is 4.45. The number of nitrogens with zero attached hydrogens (tertiary/aromatic N) is 2. The zero-order valence-corrected chi connectivity index (χ0v) is 9.40. The molecule has 1 fully saturated rings. The molecule has 0 radical (unpaired) electrons. The van der Waals surface area contributed by atoms with Crippen molar-refractivity contribution in [2.24, 2.45) is 0 Å². The van der Waals surface area contributed by atoms with Crippen LogP contribution in [0.25, 0.3) is 0 Å². The lowest BCUT2D eigenvalue weighted by Crippen LogP contribution is -2.46. The normalized spacial score (nSPS) is 33.6. The fourth-order valence-electron chi connectivity index (χ4n) is 2.43. The van der Waals surface area contributed by atoms with Crippen LogP contribution in [-0.2, 0) is 0 Å². The predicted molar refractivity (Wildman–Crippen MR) is 59.9 cm³/mol. The highest BCUT2D eigenvalue weighted by Gasteiger charge is 2.29. The summed E-state index contributed by atoms with van der Waals surface area (Å²) in [6.07, 6.45) is 9.85. The Balaban J connectivity index is 2.11. The molecule has 1 saturated heterocycles. The van der Waals surface area contributed by atoms with Crippen molar-refractivity contribution in [3.8, 4) is 0 Å². The molecule has 2 nitrogen and oxygen atoms in total. The molecule has 0 aromatic heterocycles. The fraction of sp³-hybridized carbons (Fsp3) is 0.667.